The normalized spacial score (nSPS) is 17.5. The molecular formula is C18H28N2O3. The topological polar surface area (TPSA) is 50.8 Å². The van der Waals surface area contributed by atoms with Crippen molar-refractivity contribution in [3.05, 3.63) is 24.3 Å². The summed E-state index contributed by atoms with van der Waals surface area (Å²) in [6.07, 6.45) is 2.95. The Hall–Kier alpha value is -1.75. The van der Waals surface area contributed by atoms with E-state index >= 15 is 0 Å². The van der Waals surface area contributed by atoms with E-state index in [9.17, 15) is 4.79 Å². The van der Waals surface area contributed by atoms with Gasteiger partial charge in [-0.2, -0.15) is 0 Å². The van der Waals surface area contributed by atoms with Crippen molar-refractivity contribution in [1.29, 1.82) is 0 Å². The fourth-order valence-electron chi connectivity index (χ4n) is 2.85. The summed E-state index contributed by atoms with van der Waals surface area (Å²) in [7, 11) is 3.75. The number of carbonyl (C=O) groups excluding carboxylic acids is 1. The Morgan fingerprint density at radius 1 is 1.30 bits per heavy atom. The van der Waals surface area contributed by atoms with Crippen LogP contribution in [0.25, 0.3) is 0 Å². The number of para-hydroxylation sites is 2. The molecule has 1 fully saturated rings. The Balaban J connectivity index is 1.72. The molecule has 5 nitrogen and oxygen atoms in total. The quantitative estimate of drug-likeness (QED) is 0.837. The molecule has 1 atom stereocenters. The molecule has 0 aliphatic carbocycles. The summed E-state index contributed by atoms with van der Waals surface area (Å²) in [5, 5.41) is 2.98. The molecule has 1 saturated heterocycles. The van der Waals surface area contributed by atoms with Crippen LogP contribution in [0.2, 0.25) is 0 Å². The van der Waals surface area contributed by atoms with Crippen LogP contribution < -0.4 is 14.8 Å². The fraction of sp³-hybridized carbons (Fsp3) is 0.611. The molecule has 0 bridgehead atoms. The van der Waals surface area contributed by atoms with Gasteiger partial charge in [0.1, 0.15) is 0 Å². The van der Waals surface area contributed by atoms with Crippen LogP contribution in [0.5, 0.6) is 11.5 Å². The van der Waals surface area contributed by atoms with E-state index in [0.29, 0.717) is 18.0 Å². The molecule has 1 aliphatic heterocycles. The molecule has 1 N–H and O–H groups in total. The number of ether oxygens (including phenoxy) is 2. The van der Waals surface area contributed by atoms with E-state index < -0.39 is 6.10 Å². The first-order valence-corrected chi connectivity index (χ1v) is 8.36. The zero-order chi connectivity index (χ0) is 16.7. The molecule has 1 aromatic rings. The first-order valence-electron chi connectivity index (χ1n) is 8.36. The number of hydrogen-bond donors (Lipinski definition) is 1. The molecule has 0 radical (unpaired) electrons. The van der Waals surface area contributed by atoms with Gasteiger partial charge in [-0.05, 0) is 64.4 Å². The maximum absolute atomic E-state index is 12.2. The second kappa shape index (κ2) is 8.77. The van der Waals surface area contributed by atoms with E-state index in [1.165, 1.54) is 12.8 Å². The molecule has 1 unspecified atom stereocenters. The van der Waals surface area contributed by atoms with Gasteiger partial charge in [-0.25, -0.2) is 0 Å². The number of hydrogen-bond acceptors (Lipinski definition) is 4. The van der Waals surface area contributed by atoms with Crippen LogP contribution in [-0.4, -0.2) is 50.7 Å². The minimum Gasteiger partial charge on any atom is -0.493 e. The lowest BCUT2D eigenvalue weighted by atomic mass is 9.94. The van der Waals surface area contributed by atoms with E-state index in [0.717, 1.165) is 25.4 Å². The minimum atomic E-state index is -0.538. The first-order chi connectivity index (χ1) is 11.1. The number of piperidine rings is 1. The molecule has 128 valence electrons. The summed E-state index contributed by atoms with van der Waals surface area (Å²) in [5.41, 5.74) is 0. The smallest absolute Gasteiger partial charge is 0.260 e. The van der Waals surface area contributed by atoms with Crippen molar-refractivity contribution >= 4 is 5.91 Å². The molecular weight excluding hydrogens is 292 g/mol. The first kappa shape index (κ1) is 17.6. The summed E-state index contributed by atoms with van der Waals surface area (Å²) in [6, 6.07) is 7.36. The van der Waals surface area contributed by atoms with Crippen molar-refractivity contribution in [2.24, 2.45) is 5.92 Å². The summed E-state index contributed by atoms with van der Waals surface area (Å²) in [6.45, 7) is 4.79. The van der Waals surface area contributed by atoms with Crippen LogP contribution in [0.3, 0.4) is 0 Å². The van der Waals surface area contributed by atoms with Crippen LogP contribution in [-0.2, 0) is 4.79 Å². The summed E-state index contributed by atoms with van der Waals surface area (Å²) in [4.78, 5) is 14.5. The number of rotatable bonds is 7. The lowest BCUT2D eigenvalue weighted by molar-refractivity contribution is -0.127. The highest BCUT2D eigenvalue weighted by molar-refractivity contribution is 5.80. The lowest BCUT2D eigenvalue weighted by Crippen LogP contribution is -2.38. The highest BCUT2D eigenvalue weighted by atomic mass is 16.5. The predicted octanol–water partition coefficient (Wildman–Crippen LogP) is 2.31. The average molecular weight is 320 g/mol. The number of amides is 1. The van der Waals surface area contributed by atoms with Gasteiger partial charge in [0.05, 0.1) is 7.11 Å². The number of carbonyl (C=O) groups is 1. The zero-order valence-corrected chi connectivity index (χ0v) is 14.4. The van der Waals surface area contributed by atoms with Crippen LogP contribution >= 0.6 is 0 Å². The van der Waals surface area contributed by atoms with Crippen molar-refractivity contribution in [2.45, 2.75) is 32.3 Å². The molecule has 1 aliphatic rings. The van der Waals surface area contributed by atoms with Crippen molar-refractivity contribution in [3.63, 3.8) is 0 Å². The van der Waals surface area contributed by atoms with E-state index in [1.807, 2.05) is 18.2 Å². The van der Waals surface area contributed by atoms with E-state index in [4.69, 9.17) is 9.47 Å². The maximum atomic E-state index is 12.2. The Bertz CT molecular complexity index is 499. The maximum Gasteiger partial charge on any atom is 0.260 e. The van der Waals surface area contributed by atoms with Crippen LogP contribution in [0, 0.1) is 5.92 Å². The molecule has 1 heterocycles. The monoisotopic (exact) mass is 320 g/mol. The molecule has 1 aromatic carbocycles. The second-order valence-corrected chi connectivity index (χ2v) is 6.24. The molecule has 5 heteroatoms. The highest BCUT2D eigenvalue weighted by Crippen LogP contribution is 2.26. The van der Waals surface area contributed by atoms with Crippen LogP contribution in [0.15, 0.2) is 24.3 Å². The van der Waals surface area contributed by atoms with Crippen molar-refractivity contribution in [3.8, 4) is 11.5 Å². The lowest BCUT2D eigenvalue weighted by Gasteiger charge is -2.29. The van der Waals surface area contributed by atoms with Gasteiger partial charge in [0.25, 0.3) is 5.91 Å². The van der Waals surface area contributed by atoms with Gasteiger partial charge < -0.3 is 19.7 Å². The van der Waals surface area contributed by atoms with Gasteiger partial charge in [-0.15, -0.1) is 0 Å². The average Bonchev–Trinajstić information content (AvgIpc) is 2.57. The third-order valence-corrected chi connectivity index (χ3v) is 4.43. The van der Waals surface area contributed by atoms with E-state index in [1.54, 1.807) is 20.1 Å². The van der Waals surface area contributed by atoms with Crippen molar-refractivity contribution in [1.82, 2.24) is 10.2 Å². The van der Waals surface area contributed by atoms with Crippen LogP contribution in [0.1, 0.15) is 26.2 Å². The van der Waals surface area contributed by atoms with Crippen molar-refractivity contribution < 1.29 is 14.3 Å². The SMILES string of the molecule is COc1ccccc1OC(C)C(=O)NCCC1CCN(C)CC1. The summed E-state index contributed by atoms with van der Waals surface area (Å²) >= 11 is 0. The molecule has 0 spiro atoms. The molecule has 23 heavy (non-hydrogen) atoms. The molecule has 0 aromatic heterocycles. The van der Waals surface area contributed by atoms with Gasteiger partial charge in [0, 0.05) is 6.54 Å². The standard InChI is InChI=1S/C18H28N2O3/c1-14(23-17-7-5-4-6-16(17)22-3)18(21)19-11-8-15-9-12-20(2)13-10-15/h4-7,14-15H,8-13H2,1-3H3,(H,19,21). The fourth-order valence-corrected chi connectivity index (χ4v) is 2.85. The second-order valence-electron chi connectivity index (χ2n) is 6.24. The Morgan fingerprint density at radius 2 is 1.96 bits per heavy atom. The molecule has 0 saturated carbocycles. The summed E-state index contributed by atoms with van der Waals surface area (Å²) in [5.74, 6) is 1.87. The third-order valence-electron chi connectivity index (χ3n) is 4.43. The summed E-state index contributed by atoms with van der Waals surface area (Å²) < 4.78 is 10.9. The van der Waals surface area contributed by atoms with Gasteiger partial charge in [0.15, 0.2) is 17.6 Å². The highest BCUT2D eigenvalue weighted by Gasteiger charge is 2.19. The number of benzene rings is 1. The van der Waals surface area contributed by atoms with E-state index in [-0.39, 0.29) is 5.91 Å². The Kier molecular flexibility index (Phi) is 6.71. The number of nitrogens with one attached hydrogen (secondary N) is 1. The molecule has 2 rings (SSSR count). The van der Waals surface area contributed by atoms with Crippen molar-refractivity contribution in [2.75, 3.05) is 33.8 Å². The van der Waals surface area contributed by atoms with Crippen LogP contribution in [0.4, 0.5) is 0 Å². The number of nitrogens with zero attached hydrogens (tertiary/aromatic N) is 1. The van der Waals surface area contributed by atoms with Gasteiger partial charge >= 0.3 is 0 Å². The minimum absolute atomic E-state index is 0.0798. The number of likely N-dealkylation sites (tertiary alicyclic amines) is 1. The van der Waals surface area contributed by atoms with E-state index in [2.05, 4.69) is 17.3 Å². The Morgan fingerprint density at radius 3 is 2.61 bits per heavy atom. The van der Waals surface area contributed by atoms with Gasteiger partial charge in [-0.1, -0.05) is 12.1 Å². The zero-order valence-electron chi connectivity index (χ0n) is 14.4. The molecule has 1 amide bonds. The number of methoxy groups -OCH3 is 1. The third kappa shape index (κ3) is 5.43. The largest absolute Gasteiger partial charge is 0.493 e. The predicted molar refractivity (Wildman–Crippen MR) is 90.9 cm³/mol. The van der Waals surface area contributed by atoms with Gasteiger partial charge in [-0.3, -0.25) is 4.79 Å². The van der Waals surface area contributed by atoms with Gasteiger partial charge in [0.2, 0.25) is 0 Å². The Labute approximate surface area is 139 Å².